The third kappa shape index (κ3) is 5.99. The molecule has 5 heterocycles. The van der Waals surface area contributed by atoms with Gasteiger partial charge in [-0.15, -0.1) is 0 Å². The SMILES string of the molecule is C=CN=CC(=C)CC(=O)N1CCCC[C@H]1c1ncc(-c2cnc(-c3ccc(-c4cnc([C@@H]5CCCN5)[nH]4)cc3)nc2)[nH]1. The molecule has 3 aromatic heterocycles. The zero-order valence-electron chi connectivity index (χ0n) is 23.6. The van der Waals surface area contributed by atoms with Crippen LogP contribution in [0.1, 0.15) is 62.3 Å². The summed E-state index contributed by atoms with van der Waals surface area (Å²) in [4.78, 5) is 44.3. The number of nitrogens with one attached hydrogen (secondary N) is 3. The van der Waals surface area contributed by atoms with Crippen molar-refractivity contribution in [3.05, 3.63) is 85.6 Å². The van der Waals surface area contributed by atoms with E-state index in [9.17, 15) is 4.79 Å². The molecular formula is C32H35N9O. The maximum absolute atomic E-state index is 13.1. The summed E-state index contributed by atoms with van der Waals surface area (Å²) >= 11 is 0. The van der Waals surface area contributed by atoms with E-state index in [0.29, 0.717) is 24.0 Å². The molecular weight excluding hydrogens is 526 g/mol. The van der Waals surface area contributed by atoms with E-state index in [-0.39, 0.29) is 18.4 Å². The molecule has 10 heteroatoms. The molecule has 42 heavy (non-hydrogen) atoms. The van der Waals surface area contributed by atoms with Gasteiger partial charge in [0.25, 0.3) is 0 Å². The number of hydrogen-bond acceptors (Lipinski definition) is 7. The van der Waals surface area contributed by atoms with Gasteiger partial charge in [-0.3, -0.25) is 9.79 Å². The van der Waals surface area contributed by atoms with Gasteiger partial charge in [-0.25, -0.2) is 19.9 Å². The van der Waals surface area contributed by atoms with Crippen molar-refractivity contribution < 1.29 is 4.79 Å². The van der Waals surface area contributed by atoms with E-state index in [1.807, 2.05) is 23.2 Å². The van der Waals surface area contributed by atoms with Crippen molar-refractivity contribution in [2.45, 2.75) is 50.6 Å². The third-order valence-electron chi connectivity index (χ3n) is 7.88. The molecule has 4 aromatic rings. The molecule has 2 aliphatic rings. The minimum Gasteiger partial charge on any atom is -0.341 e. The normalized spacial score (nSPS) is 18.9. The summed E-state index contributed by atoms with van der Waals surface area (Å²) in [5.41, 5.74) is 5.32. The van der Waals surface area contributed by atoms with Gasteiger partial charge in [0.2, 0.25) is 5.91 Å². The largest absolute Gasteiger partial charge is 0.341 e. The van der Waals surface area contributed by atoms with E-state index >= 15 is 0 Å². The first-order chi connectivity index (χ1) is 20.6. The Kier molecular flexibility index (Phi) is 8.14. The van der Waals surface area contributed by atoms with Crippen LogP contribution in [0.4, 0.5) is 0 Å². The average Bonchev–Trinajstić information content (AvgIpc) is 3.83. The van der Waals surface area contributed by atoms with Crippen LogP contribution in [-0.2, 0) is 4.79 Å². The van der Waals surface area contributed by atoms with Gasteiger partial charge in [-0.1, -0.05) is 37.4 Å². The van der Waals surface area contributed by atoms with Gasteiger partial charge in [-0.2, -0.15) is 0 Å². The summed E-state index contributed by atoms with van der Waals surface area (Å²) in [6.45, 7) is 9.24. The molecule has 0 radical (unpaired) electrons. The minimum absolute atomic E-state index is 0.0238. The molecule has 0 saturated carbocycles. The number of carbonyl (C=O) groups excluding carboxylic acids is 1. The molecule has 3 N–H and O–H groups in total. The summed E-state index contributed by atoms with van der Waals surface area (Å²) in [5, 5.41) is 3.48. The lowest BCUT2D eigenvalue weighted by molar-refractivity contribution is -0.134. The monoisotopic (exact) mass is 561 g/mol. The molecule has 10 nitrogen and oxygen atoms in total. The highest BCUT2D eigenvalue weighted by atomic mass is 16.2. The lowest BCUT2D eigenvalue weighted by Gasteiger charge is -2.34. The molecule has 2 saturated heterocycles. The molecule has 0 aliphatic carbocycles. The predicted octanol–water partition coefficient (Wildman–Crippen LogP) is 5.56. The molecule has 0 bridgehead atoms. The second kappa shape index (κ2) is 12.4. The standard InChI is InChI=1S/C32H35N9O/c1-3-33-16-21(2)15-29(42)41-14-5-4-8-28(41)32-38-20-27(40-32)24-17-35-30(36-18-24)23-11-9-22(10-12-23)26-19-37-31(39-26)25-7-6-13-34-25/h3,9-12,16-20,25,28,34H,1-2,4-8,13-15H2,(H,37,39)(H,38,40)/t25-,28-/m0/s1. The molecule has 2 aliphatic heterocycles. The van der Waals surface area contributed by atoms with Crippen LogP contribution in [0.2, 0.25) is 0 Å². The fourth-order valence-electron chi connectivity index (χ4n) is 5.66. The number of benzene rings is 1. The van der Waals surface area contributed by atoms with Crippen LogP contribution in [0.25, 0.3) is 33.9 Å². The summed E-state index contributed by atoms with van der Waals surface area (Å²) < 4.78 is 0. The molecule has 2 atom stereocenters. The number of rotatable bonds is 9. The lowest BCUT2D eigenvalue weighted by Crippen LogP contribution is -2.39. The Morgan fingerprint density at radius 1 is 0.905 bits per heavy atom. The highest BCUT2D eigenvalue weighted by molar-refractivity contribution is 5.89. The van der Waals surface area contributed by atoms with Crippen molar-refractivity contribution >= 4 is 12.1 Å². The maximum Gasteiger partial charge on any atom is 0.227 e. The van der Waals surface area contributed by atoms with E-state index in [1.54, 1.807) is 24.8 Å². The lowest BCUT2D eigenvalue weighted by atomic mass is 10.0. The smallest absolute Gasteiger partial charge is 0.227 e. The van der Waals surface area contributed by atoms with Crippen LogP contribution in [-0.4, -0.2) is 60.0 Å². The Bertz CT molecular complexity index is 1580. The number of carbonyl (C=O) groups is 1. The quantitative estimate of drug-likeness (QED) is 0.230. The highest BCUT2D eigenvalue weighted by Crippen LogP contribution is 2.32. The van der Waals surface area contributed by atoms with Gasteiger partial charge in [0.15, 0.2) is 5.82 Å². The number of imidazole rings is 2. The van der Waals surface area contributed by atoms with E-state index in [2.05, 4.69) is 65.5 Å². The zero-order valence-corrected chi connectivity index (χ0v) is 23.6. The fourth-order valence-corrected chi connectivity index (χ4v) is 5.66. The first-order valence-electron chi connectivity index (χ1n) is 14.5. The zero-order chi connectivity index (χ0) is 28.9. The number of aromatic amines is 2. The first-order valence-corrected chi connectivity index (χ1v) is 14.5. The van der Waals surface area contributed by atoms with Gasteiger partial charge >= 0.3 is 0 Å². The predicted molar refractivity (Wildman–Crippen MR) is 163 cm³/mol. The number of H-pyrrole nitrogens is 2. The van der Waals surface area contributed by atoms with Gasteiger partial charge in [-0.05, 0) is 49.8 Å². The van der Waals surface area contributed by atoms with Gasteiger partial charge in [0.1, 0.15) is 11.6 Å². The third-order valence-corrected chi connectivity index (χ3v) is 7.88. The van der Waals surface area contributed by atoms with Crippen molar-refractivity contribution in [1.29, 1.82) is 0 Å². The van der Waals surface area contributed by atoms with E-state index in [0.717, 1.165) is 72.0 Å². The number of aromatic nitrogens is 6. The van der Waals surface area contributed by atoms with Gasteiger partial charge in [0, 0.05) is 42.5 Å². The van der Waals surface area contributed by atoms with Gasteiger partial charge < -0.3 is 20.2 Å². The second-order valence-corrected chi connectivity index (χ2v) is 10.8. The van der Waals surface area contributed by atoms with Crippen molar-refractivity contribution in [1.82, 2.24) is 40.1 Å². The Labute approximate surface area is 245 Å². The molecule has 1 aromatic carbocycles. The average molecular weight is 562 g/mol. The summed E-state index contributed by atoms with van der Waals surface area (Å²) in [5.74, 6) is 2.44. The maximum atomic E-state index is 13.1. The van der Waals surface area contributed by atoms with Crippen molar-refractivity contribution in [2.24, 2.45) is 4.99 Å². The molecule has 0 unspecified atom stereocenters. The summed E-state index contributed by atoms with van der Waals surface area (Å²) in [6.07, 6.45) is 15.7. The van der Waals surface area contributed by atoms with E-state index < -0.39 is 0 Å². The van der Waals surface area contributed by atoms with Crippen LogP contribution >= 0.6 is 0 Å². The van der Waals surface area contributed by atoms with Gasteiger partial charge in [0.05, 0.1) is 42.3 Å². The van der Waals surface area contributed by atoms with Crippen LogP contribution in [0.3, 0.4) is 0 Å². The fraction of sp³-hybridized carbons (Fsp3) is 0.312. The van der Waals surface area contributed by atoms with Crippen LogP contribution < -0.4 is 5.32 Å². The Hall–Kier alpha value is -4.70. The number of amides is 1. The molecule has 1 amide bonds. The number of likely N-dealkylation sites (tertiary alicyclic amines) is 1. The topological polar surface area (TPSA) is 128 Å². The van der Waals surface area contributed by atoms with Crippen LogP contribution in [0.15, 0.2) is 79.0 Å². The Morgan fingerprint density at radius 3 is 2.36 bits per heavy atom. The minimum atomic E-state index is -0.108. The van der Waals surface area contributed by atoms with Crippen molar-refractivity contribution in [3.63, 3.8) is 0 Å². The molecule has 2 fully saturated rings. The van der Waals surface area contributed by atoms with E-state index in [4.69, 9.17) is 0 Å². The summed E-state index contributed by atoms with van der Waals surface area (Å²) in [6, 6.07) is 8.38. The first kappa shape index (κ1) is 27.5. The molecule has 214 valence electrons. The van der Waals surface area contributed by atoms with Crippen LogP contribution in [0.5, 0.6) is 0 Å². The van der Waals surface area contributed by atoms with E-state index in [1.165, 1.54) is 12.6 Å². The highest BCUT2D eigenvalue weighted by Gasteiger charge is 2.30. The number of piperidine rings is 1. The number of aliphatic imine (C=N–C) groups is 1. The Morgan fingerprint density at radius 2 is 1.62 bits per heavy atom. The molecule has 6 rings (SSSR count). The number of hydrogen-bond donors (Lipinski definition) is 3. The van der Waals surface area contributed by atoms with Crippen LogP contribution in [0, 0.1) is 0 Å². The Balaban J connectivity index is 1.12. The summed E-state index contributed by atoms with van der Waals surface area (Å²) in [7, 11) is 0. The number of nitrogens with zero attached hydrogens (tertiary/aromatic N) is 6. The second-order valence-electron chi connectivity index (χ2n) is 10.8. The van der Waals surface area contributed by atoms with Crippen molar-refractivity contribution in [2.75, 3.05) is 13.1 Å². The van der Waals surface area contributed by atoms with Crippen molar-refractivity contribution in [3.8, 4) is 33.9 Å². The molecule has 0 spiro atoms.